The first-order valence-corrected chi connectivity index (χ1v) is 7.43. The van der Waals surface area contributed by atoms with Gasteiger partial charge in [-0.05, 0) is 52.2 Å². The minimum Gasteiger partial charge on any atom is -0.356 e. The van der Waals surface area contributed by atoms with Gasteiger partial charge in [-0.2, -0.15) is 0 Å². The predicted molar refractivity (Wildman–Crippen MR) is 89.9 cm³/mol. The molecule has 0 aromatic rings. The molecule has 1 saturated heterocycles. The average Bonchev–Trinajstić information content (AvgIpc) is 2.60. The Bertz CT molecular complexity index is 232. The Labute approximate surface area is 136 Å². The number of hydrogen-bond donors (Lipinski definition) is 2. The highest BCUT2D eigenvalue weighted by molar-refractivity contribution is 5.85. The van der Waals surface area contributed by atoms with Crippen LogP contribution in [0.15, 0.2) is 0 Å². The van der Waals surface area contributed by atoms with Crippen molar-refractivity contribution in [1.82, 2.24) is 10.2 Å². The minimum atomic E-state index is 0. The van der Waals surface area contributed by atoms with Crippen LogP contribution < -0.4 is 11.1 Å². The van der Waals surface area contributed by atoms with E-state index in [4.69, 9.17) is 5.73 Å². The van der Waals surface area contributed by atoms with Gasteiger partial charge in [-0.1, -0.05) is 12.8 Å². The molecule has 1 atom stereocenters. The molecule has 4 nitrogen and oxygen atoms in total. The van der Waals surface area contributed by atoms with Gasteiger partial charge in [0.2, 0.25) is 5.91 Å². The number of halogens is 2. The second-order valence-corrected chi connectivity index (χ2v) is 5.48. The van der Waals surface area contributed by atoms with E-state index in [0.29, 0.717) is 6.42 Å². The summed E-state index contributed by atoms with van der Waals surface area (Å²) in [5, 5.41) is 2.97. The predicted octanol–water partition coefficient (Wildman–Crippen LogP) is 2.34. The lowest BCUT2D eigenvalue weighted by atomic mass is 10.2. The van der Waals surface area contributed by atoms with Crippen molar-refractivity contribution in [1.29, 1.82) is 0 Å². The van der Waals surface area contributed by atoms with Crippen molar-refractivity contribution >= 4 is 30.7 Å². The number of hydrogen-bond acceptors (Lipinski definition) is 3. The van der Waals surface area contributed by atoms with Crippen LogP contribution in [0.4, 0.5) is 0 Å². The van der Waals surface area contributed by atoms with E-state index in [1.807, 2.05) is 6.92 Å². The molecule has 0 aliphatic carbocycles. The fraction of sp³-hybridized carbons (Fsp3) is 0.929. The quantitative estimate of drug-likeness (QED) is 0.705. The highest BCUT2D eigenvalue weighted by atomic mass is 35.5. The third-order valence-electron chi connectivity index (χ3n) is 3.50. The Morgan fingerprint density at radius 3 is 2.35 bits per heavy atom. The maximum atomic E-state index is 11.5. The summed E-state index contributed by atoms with van der Waals surface area (Å²) in [6.45, 7) is 6.33. The Kier molecular flexibility index (Phi) is 15.5. The lowest BCUT2D eigenvalue weighted by Crippen LogP contribution is -2.31. The van der Waals surface area contributed by atoms with Crippen LogP contribution in [-0.2, 0) is 4.79 Å². The van der Waals surface area contributed by atoms with Crippen molar-refractivity contribution in [3.05, 3.63) is 0 Å². The Hall–Kier alpha value is -0.0300. The number of rotatable bonds is 7. The number of nitrogens with two attached hydrogens (primary N) is 1. The standard InChI is InChI=1S/C14H29N3O.2ClH/c1-13(15)7-8-14(18)16-9-6-12-17-10-4-2-3-5-11-17;;/h13H,2-12,15H2,1H3,(H,16,18);2*1H. The van der Waals surface area contributed by atoms with Crippen molar-refractivity contribution < 1.29 is 4.79 Å². The van der Waals surface area contributed by atoms with Gasteiger partial charge in [0.25, 0.3) is 0 Å². The van der Waals surface area contributed by atoms with E-state index < -0.39 is 0 Å². The fourth-order valence-electron chi connectivity index (χ4n) is 2.34. The van der Waals surface area contributed by atoms with Gasteiger partial charge < -0.3 is 16.0 Å². The highest BCUT2D eigenvalue weighted by Crippen LogP contribution is 2.09. The summed E-state index contributed by atoms with van der Waals surface area (Å²) in [6, 6.07) is 0.118. The summed E-state index contributed by atoms with van der Waals surface area (Å²) < 4.78 is 0. The summed E-state index contributed by atoms with van der Waals surface area (Å²) in [7, 11) is 0. The number of likely N-dealkylation sites (tertiary alicyclic amines) is 1. The molecule has 20 heavy (non-hydrogen) atoms. The SMILES string of the molecule is CC(N)CCC(=O)NCCCN1CCCCCC1.Cl.Cl. The molecule has 1 aliphatic heterocycles. The zero-order valence-corrected chi connectivity index (χ0v) is 14.2. The van der Waals surface area contributed by atoms with Crippen molar-refractivity contribution in [2.45, 2.75) is 57.9 Å². The third-order valence-corrected chi connectivity index (χ3v) is 3.50. The lowest BCUT2D eigenvalue weighted by molar-refractivity contribution is -0.121. The molecule has 0 spiro atoms. The average molecular weight is 328 g/mol. The number of amides is 1. The van der Waals surface area contributed by atoms with Crippen LogP contribution in [0.1, 0.15) is 51.9 Å². The van der Waals surface area contributed by atoms with E-state index in [-0.39, 0.29) is 36.8 Å². The summed E-state index contributed by atoms with van der Waals surface area (Å²) in [6.07, 6.45) is 7.82. The Morgan fingerprint density at radius 2 is 1.80 bits per heavy atom. The lowest BCUT2D eigenvalue weighted by Gasteiger charge is -2.19. The molecule has 0 aromatic carbocycles. The summed E-state index contributed by atoms with van der Waals surface area (Å²) in [4.78, 5) is 14.0. The molecule has 1 aliphatic rings. The molecule has 1 heterocycles. The fourth-order valence-corrected chi connectivity index (χ4v) is 2.34. The van der Waals surface area contributed by atoms with Gasteiger partial charge in [-0.15, -0.1) is 24.8 Å². The first-order chi connectivity index (χ1) is 8.68. The largest absolute Gasteiger partial charge is 0.356 e. The molecule has 0 saturated carbocycles. The maximum Gasteiger partial charge on any atom is 0.220 e. The van der Waals surface area contributed by atoms with Crippen LogP contribution in [0.25, 0.3) is 0 Å². The number of carbonyl (C=O) groups excluding carboxylic acids is 1. The summed E-state index contributed by atoms with van der Waals surface area (Å²) in [5.74, 6) is 0.142. The van der Waals surface area contributed by atoms with Crippen LogP contribution in [0.3, 0.4) is 0 Å². The van der Waals surface area contributed by atoms with E-state index in [1.54, 1.807) is 0 Å². The van der Waals surface area contributed by atoms with E-state index in [1.165, 1.54) is 38.8 Å². The molecule has 0 aromatic heterocycles. The second kappa shape index (κ2) is 13.9. The van der Waals surface area contributed by atoms with Gasteiger partial charge >= 0.3 is 0 Å². The van der Waals surface area contributed by atoms with Gasteiger partial charge in [-0.3, -0.25) is 4.79 Å². The molecule has 6 heteroatoms. The molecule has 0 radical (unpaired) electrons. The third kappa shape index (κ3) is 11.8. The first-order valence-electron chi connectivity index (χ1n) is 7.43. The molecule has 3 N–H and O–H groups in total. The van der Waals surface area contributed by atoms with Gasteiger partial charge in [0, 0.05) is 19.0 Å². The van der Waals surface area contributed by atoms with Crippen LogP contribution in [-0.4, -0.2) is 43.0 Å². The zero-order chi connectivity index (χ0) is 13.2. The van der Waals surface area contributed by atoms with Gasteiger partial charge in [0.05, 0.1) is 0 Å². The van der Waals surface area contributed by atoms with Crippen LogP contribution in [0.5, 0.6) is 0 Å². The summed E-state index contributed by atoms with van der Waals surface area (Å²) in [5.41, 5.74) is 5.62. The van der Waals surface area contributed by atoms with E-state index >= 15 is 0 Å². The Balaban J connectivity index is 0. The molecule has 0 bridgehead atoms. The van der Waals surface area contributed by atoms with E-state index in [0.717, 1.165) is 25.9 Å². The van der Waals surface area contributed by atoms with Crippen LogP contribution >= 0.6 is 24.8 Å². The first kappa shape index (κ1) is 22.3. The second-order valence-electron chi connectivity index (χ2n) is 5.48. The number of nitrogens with zero attached hydrogens (tertiary/aromatic N) is 1. The van der Waals surface area contributed by atoms with Crippen molar-refractivity contribution in [3.8, 4) is 0 Å². The molecule has 1 fully saturated rings. The van der Waals surface area contributed by atoms with Gasteiger partial charge in [0.15, 0.2) is 0 Å². The van der Waals surface area contributed by atoms with E-state index in [9.17, 15) is 4.79 Å². The maximum absolute atomic E-state index is 11.5. The van der Waals surface area contributed by atoms with E-state index in [2.05, 4.69) is 10.2 Å². The normalized spacial score (nSPS) is 17.3. The smallest absolute Gasteiger partial charge is 0.220 e. The topological polar surface area (TPSA) is 58.4 Å². The monoisotopic (exact) mass is 327 g/mol. The molecular formula is C14H31Cl2N3O. The number of nitrogens with one attached hydrogen (secondary N) is 1. The zero-order valence-electron chi connectivity index (χ0n) is 12.6. The van der Waals surface area contributed by atoms with Gasteiger partial charge in [0.1, 0.15) is 0 Å². The molecule has 1 unspecified atom stereocenters. The number of carbonyl (C=O) groups is 1. The highest BCUT2D eigenvalue weighted by Gasteiger charge is 2.08. The van der Waals surface area contributed by atoms with Gasteiger partial charge in [-0.25, -0.2) is 0 Å². The van der Waals surface area contributed by atoms with Crippen molar-refractivity contribution in [3.63, 3.8) is 0 Å². The minimum absolute atomic E-state index is 0. The van der Waals surface area contributed by atoms with Crippen LogP contribution in [0.2, 0.25) is 0 Å². The van der Waals surface area contributed by atoms with Crippen LogP contribution in [0, 0.1) is 0 Å². The molecule has 1 amide bonds. The Morgan fingerprint density at radius 1 is 1.20 bits per heavy atom. The molecule has 1 rings (SSSR count). The molecular weight excluding hydrogens is 297 g/mol. The molecule has 122 valence electrons. The van der Waals surface area contributed by atoms with Crippen molar-refractivity contribution in [2.24, 2.45) is 5.73 Å². The van der Waals surface area contributed by atoms with Crippen molar-refractivity contribution in [2.75, 3.05) is 26.2 Å². The summed E-state index contributed by atoms with van der Waals surface area (Å²) >= 11 is 0.